The van der Waals surface area contributed by atoms with Crippen LogP contribution in [0.1, 0.15) is 43.0 Å². The number of hydrogen-bond acceptors (Lipinski definition) is 3. The van der Waals surface area contributed by atoms with Gasteiger partial charge in [-0.2, -0.15) is 0 Å². The molecule has 18 heavy (non-hydrogen) atoms. The Morgan fingerprint density at radius 2 is 2.11 bits per heavy atom. The molecule has 98 valence electrons. The highest BCUT2D eigenvalue weighted by molar-refractivity contribution is 6.00. The van der Waals surface area contributed by atoms with Crippen molar-refractivity contribution in [3.8, 4) is 0 Å². The summed E-state index contributed by atoms with van der Waals surface area (Å²) < 4.78 is 0. The molecule has 1 aromatic rings. The van der Waals surface area contributed by atoms with E-state index in [4.69, 9.17) is 11.5 Å². The Kier molecular flexibility index (Phi) is 3.75. The summed E-state index contributed by atoms with van der Waals surface area (Å²) in [7, 11) is 0. The summed E-state index contributed by atoms with van der Waals surface area (Å²) in [6, 6.07) is 5.97. The van der Waals surface area contributed by atoms with Crippen molar-refractivity contribution in [2.45, 2.75) is 38.6 Å². The molecule has 1 aliphatic rings. The Labute approximate surface area is 108 Å². The average molecular weight is 247 g/mol. The number of hydrogen-bond donors (Lipinski definition) is 2. The predicted octanol–water partition coefficient (Wildman–Crippen LogP) is 2.14. The van der Waals surface area contributed by atoms with Crippen LogP contribution in [-0.2, 0) is 0 Å². The quantitative estimate of drug-likeness (QED) is 0.786. The van der Waals surface area contributed by atoms with Crippen molar-refractivity contribution in [3.63, 3.8) is 0 Å². The van der Waals surface area contributed by atoms with Crippen LogP contribution in [0, 0.1) is 0 Å². The third-order valence-electron chi connectivity index (χ3n) is 3.71. The van der Waals surface area contributed by atoms with E-state index in [0.29, 0.717) is 17.3 Å². The van der Waals surface area contributed by atoms with Gasteiger partial charge < -0.3 is 16.4 Å². The number of amides is 1. The molecule has 4 N–H and O–H groups in total. The van der Waals surface area contributed by atoms with Gasteiger partial charge in [-0.05, 0) is 31.9 Å². The fraction of sp³-hybridized carbons (Fsp3) is 0.500. The Balaban J connectivity index is 2.37. The Bertz CT molecular complexity index is 445. The summed E-state index contributed by atoms with van der Waals surface area (Å²) in [4.78, 5) is 13.6. The Hall–Kier alpha value is -1.71. The van der Waals surface area contributed by atoms with Crippen molar-refractivity contribution < 1.29 is 4.79 Å². The van der Waals surface area contributed by atoms with Crippen LogP contribution in [0.25, 0.3) is 0 Å². The van der Waals surface area contributed by atoms with Crippen LogP contribution in [0.2, 0.25) is 0 Å². The molecule has 0 bridgehead atoms. The average Bonchev–Trinajstić information content (AvgIpc) is 2.54. The molecule has 2 rings (SSSR count). The molecule has 1 fully saturated rings. The van der Waals surface area contributed by atoms with E-state index in [1.807, 2.05) is 12.1 Å². The lowest BCUT2D eigenvalue weighted by molar-refractivity contribution is 0.100. The van der Waals surface area contributed by atoms with Crippen molar-refractivity contribution in [1.29, 1.82) is 0 Å². The second-order valence-electron chi connectivity index (χ2n) is 4.99. The van der Waals surface area contributed by atoms with Gasteiger partial charge >= 0.3 is 0 Å². The highest BCUT2D eigenvalue weighted by atomic mass is 16.1. The first-order chi connectivity index (χ1) is 8.61. The highest BCUT2D eigenvalue weighted by Crippen LogP contribution is 2.31. The lowest BCUT2D eigenvalue weighted by Crippen LogP contribution is -2.33. The smallest absolute Gasteiger partial charge is 0.250 e. The van der Waals surface area contributed by atoms with Crippen LogP contribution in [0.3, 0.4) is 0 Å². The second-order valence-corrected chi connectivity index (χ2v) is 4.99. The second kappa shape index (κ2) is 5.29. The Morgan fingerprint density at radius 3 is 2.83 bits per heavy atom. The molecule has 0 saturated carbocycles. The molecule has 4 nitrogen and oxygen atoms in total. The number of nitrogen functional groups attached to an aromatic ring is 1. The van der Waals surface area contributed by atoms with Gasteiger partial charge in [-0.15, -0.1) is 0 Å². The maximum atomic E-state index is 11.3. The fourth-order valence-electron chi connectivity index (χ4n) is 2.65. The van der Waals surface area contributed by atoms with Crippen LogP contribution < -0.4 is 16.4 Å². The predicted molar refractivity (Wildman–Crippen MR) is 74.6 cm³/mol. The van der Waals surface area contributed by atoms with E-state index in [1.165, 1.54) is 25.7 Å². The zero-order chi connectivity index (χ0) is 13.1. The van der Waals surface area contributed by atoms with E-state index in [0.717, 1.165) is 12.2 Å². The van der Waals surface area contributed by atoms with E-state index in [1.54, 1.807) is 6.07 Å². The number of benzene rings is 1. The summed E-state index contributed by atoms with van der Waals surface area (Å²) in [6.45, 7) is 3.20. The maximum Gasteiger partial charge on any atom is 0.250 e. The standard InChI is InChI=1S/C14H21N3O/c1-10-6-3-2-4-9-17(10)12-8-5-7-11(13(12)15)14(16)18/h5,7-8,10H,2-4,6,9,15H2,1H3,(H2,16,18). The third kappa shape index (κ3) is 2.42. The summed E-state index contributed by atoms with van der Waals surface area (Å²) in [5.74, 6) is -0.461. The number of para-hydroxylation sites is 1. The van der Waals surface area contributed by atoms with Gasteiger partial charge in [-0.1, -0.05) is 18.9 Å². The monoisotopic (exact) mass is 247 g/mol. The minimum atomic E-state index is -0.461. The molecular formula is C14H21N3O. The zero-order valence-corrected chi connectivity index (χ0v) is 10.9. The van der Waals surface area contributed by atoms with E-state index in [-0.39, 0.29) is 0 Å². The SMILES string of the molecule is CC1CCCCCN1c1cccc(C(N)=O)c1N. The lowest BCUT2D eigenvalue weighted by Gasteiger charge is -2.31. The summed E-state index contributed by atoms with van der Waals surface area (Å²) in [5, 5.41) is 0. The number of carbonyl (C=O) groups is 1. The van der Waals surface area contributed by atoms with Crippen LogP contribution in [0.4, 0.5) is 11.4 Å². The molecule has 0 aromatic heterocycles. The van der Waals surface area contributed by atoms with Crippen LogP contribution in [0.15, 0.2) is 18.2 Å². The van der Waals surface area contributed by atoms with Gasteiger partial charge in [0.1, 0.15) is 0 Å². The molecule has 1 amide bonds. The van der Waals surface area contributed by atoms with Crippen molar-refractivity contribution in [2.24, 2.45) is 5.73 Å². The van der Waals surface area contributed by atoms with E-state index < -0.39 is 5.91 Å². The molecule has 4 heteroatoms. The van der Waals surface area contributed by atoms with Crippen molar-refractivity contribution in [3.05, 3.63) is 23.8 Å². The minimum Gasteiger partial charge on any atom is -0.396 e. The van der Waals surface area contributed by atoms with E-state index in [9.17, 15) is 4.79 Å². The van der Waals surface area contributed by atoms with Gasteiger partial charge in [0.2, 0.25) is 0 Å². The lowest BCUT2D eigenvalue weighted by atomic mass is 10.1. The summed E-state index contributed by atoms with van der Waals surface area (Å²) >= 11 is 0. The molecule has 1 unspecified atom stereocenters. The van der Waals surface area contributed by atoms with Crippen molar-refractivity contribution in [2.75, 3.05) is 17.2 Å². The largest absolute Gasteiger partial charge is 0.396 e. The zero-order valence-electron chi connectivity index (χ0n) is 10.9. The molecule has 0 radical (unpaired) electrons. The van der Waals surface area contributed by atoms with Gasteiger partial charge in [0.15, 0.2) is 0 Å². The molecule has 0 aliphatic carbocycles. The number of nitrogens with two attached hydrogens (primary N) is 2. The van der Waals surface area contributed by atoms with Gasteiger partial charge in [0.05, 0.1) is 16.9 Å². The van der Waals surface area contributed by atoms with Crippen LogP contribution in [0.5, 0.6) is 0 Å². The first-order valence-corrected chi connectivity index (χ1v) is 6.56. The number of carbonyl (C=O) groups excluding carboxylic acids is 1. The van der Waals surface area contributed by atoms with E-state index in [2.05, 4.69) is 11.8 Å². The van der Waals surface area contributed by atoms with Crippen molar-refractivity contribution >= 4 is 17.3 Å². The normalized spacial score (nSPS) is 20.5. The fourth-order valence-corrected chi connectivity index (χ4v) is 2.65. The first-order valence-electron chi connectivity index (χ1n) is 6.56. The molecule has 1 aliphatic heterocycles. The van der Waals surface area contributed by atoms with Gasteiger partial charge in [0, 0.05) is 12.6 Å². The topological polar surface area (TPSA) is 72.3 Å². The molecule has 1 atom stereocenters. The molecular weight excluding hydrogens is 226 g/mol. The van der Waals surface area contributed by atoms with E-state index >= 15 is 0 Å². The van der Waals surface area contributed by atoms with Gasteiger partial charge in [0.25, 0.3) is 5.91 Å². The molecule has 1 heterocycles. The summed E-state index contributed by atoms with van der Waals surface area (Å²) in [6.07, 6.45) is 4.86. The third-order valence-corrected chi connectivity index (χ3v) is 3.71. The first kappa shape index (κ1) is 12.7. The molecule has 1 aromatic carbocycles. The number of rotatable bonds is 2. The van der Waals surface area contributed by atoms with Crippen LogP contribution in [-0.4, -0.2) is 18.5 Å². The summed E-state index contributed by atoms with van der Waals surface area (Å²) in [5.41, 5.74) is 13.3. The van der Waals surface area contributed by atoms with Gasteiger partial charge in [-0.3, -0.25) is 4.79 Å². The van der Waals surface area contributed by atoms with Crippen LogP contribution >= 0.6 is 0 Å². The van der Waals surface area contributed by atoms with Gasteiger partial charge in [-0.25, -0.2) is 0 Å². The number of primary amides is 1. The molecule has 0 spiro atoms. The highest BCUT2D eigenvalue weighted by Gasteiger charge is 2.20. The maximum absolute atomic E-state index is 11.3. The number of anilines is 2. The number of nitrogens with zero attached hydrogens (tertiary/aromatic N) is 1. The van der Waals surface area contributed by atoms with Crippen molar-refractivity contribution in [1.82, 2.24) is 0 Å². The molecule has 1 saturated heterocycles. The minimum absolute atomic E-state index is 0.420. The Morgan fingerprint density at radius 1 is 1.33 bits per heavy atom.